The highest BCUT2D eigenvalue weighted by Gasteiger charge is 2.43. The third-order valence-electron chi connectivity index (χ3n) is 6.20. The SMILES string of the molecule is O=C(Nc1ccn([C@@H]2O[C@H](CO)[C@@H](O)[C@H]2O)c(=O)n1)OCC1c2ccccc2-c2ccccc21. The molecule has 1 fully saturated rings. The van der Waals surface area contributed by atoms with Crippen molar-refractivity contribution in [3.05, 3.63) is 82.4 Å². The molecule has 4 atom stereocenters. The normalized spacial score (nSPS) is 23.4. The van der Waals surface area contributed by atoms with Crippen LogP contribution in [0.4, 0.5) is 10.6 Å². The van der Waals surface area contributed by atoms with Crippen LogP contribution in [0.3, 0.4) is 0 Å². The van der Waals surface area contributed by atoms with Crippen LogP contribution >= 0.6 is 0 Å². The monoisotopic (exact) mass is 465 g/mol. The summed E-state index contributed by atoms with van der Waals surface area (Å²) in [6.07, 6.45) is -4.49. The fourth-order valence-corrected chi connectivity index (χ4v) is 4.52. The quantitative estimate of drug-likeness (QED) is 0.440. The van der Waals surface area contributed by atoms with E-state index in [0.29, 0.717) is 0 Å². The number of aromatic nitrogens is 2. The van der Waals surface area contributed by atoms with Crippen molar-refractivity contribution >= 4 is 11.9 Å². The molecule has 5 rings (SSSR count). The topological polar surface area (TPSA) is 143 Å². The lowest BCUT2D eigenvalue weighted by atomic mass is 9.98. The molecule has 1 aliphatic carbocycles. The standard InChI is InChI=1S/C24H23N3O7/c28-11-18-20(29)21(30)22(34-18)27-10-9-19(25-23(27)31)26-24(32)33-12-17-15-7-3-1-5-13(15)14-6-2-4-8-16(14)17/h1-10,17-18,20-22,28-30H,11-12H2,(H,25,26,31,32)/t18-,20-,21-,22-/m1/s1. The molecule has 2 aliphatic rings. The summed E-state index contributed by atoms with van der Waals surface area (Å²) >= 11 is 0. The summed E-state index contributed by atoms with van der Waals surface area (Å²) < 4.78 is 11.8. The predicted molar refractivity (Wildman–Crippen MR) is 120 cm³/mol. The molecule has 34 heavy (non-hydrogen) atoms. The zero-order valence-corrected chi connectivity index (χ0v) is 17.9. The lowest BCUT2D eigenvalue weighted by molar-refractivity contribution is -0.0549. The summed E-state index contributed by atoms with van der Waals surface area (Å²) in [5.74, 6) is -0.142. The minimum Gasteiger partial charge on any atom is -0.448 e. The van der Waals surface area contributed by atoms with Gasteiger partial charge in [0.1, 0.15) is 30.7 Å². The van der Waals surface area contributed by atoms with Gasteiger partial charge in [0.05, 0.1) is 6.61 Å². The van der Waals surface area contributed by atoms with Crippen molar-refractivity contribution in [2.24, 2.45) is 0 Å². The number of carbonyl (C=O) groups excluding carboxylic acids is 1. The second-order valence-electron chi connectivity index (χ2n) is 8.18. The van der Waals surface area contributed by atoms with E-state index in [9.17, 15) is 24.9 Å². The Labute approximate surface area is 194 Å². The van der Waals surface area contributed by atoms with E-state index in [2.05, 4.69) is 10.3 Å². The fraction of sp³-hybridized carbons (Fsp3) is 0.292. The van der Waals surface area contributed by atoms with Crippen molar-refractivity contribution in [1.29, 1.82) is 0 Å². The van der Waals surface area contributed by atoms with Crippen molar-refractivity contribution in [2.45, 2.75) is 30.5 Å². The molecule has 0 bridgehead atoms. The maximum Gasteiger partial charge on any atom is 0.412 e. The number of ether oxygens (including phenoxy) is 2. The highest BCUT2D eigenvalue weighted by atomic mass is 16.6. The lowest BCUT2D eigenvalue weighted by Gasteiger charge is -2.17. The summed E-state index contributed by atoms with van der Waals surface area (Å²) in [5, 5.41) is 31.6. The Bertz CT molecular complexity index is 1230. The summed E-state index contributed by atoms with van der Waals surface area (Å²) in [5.41, 5.74) is 3.57. The molecular weight excluding hydrogens is 442 g/mol. The zero-order valence-electron chi connectivity index (χ0n) is 17.9. The number of benzene rings is 2. The van der Waals surface area contributed by atoms with E-state index in [-0.39, 0.29) is 18.3 Å². The van der Waals surface area contributed by atoms with Gasteiger partial charge in [0.2, 0.25) is 0 Å². The molecule has 4 N–H and O–H groups in total. The van der Waals surface area contributed by atoms with Crippen molar-refractivity contribution in [3.63, 3.8) is 0 Å². The molecule has 1 aromatic heterocycles. The van der Waals surface area contributed by atoms with Crippen LogP contribution < -0.4 is 11.0 Å². The van der Waals surface area contributed by atoms with E-state index in [1.807, 2.05) is 48.5 Å². The van der Waals surface area contributed by atoms with Crippen LogP contribution in [0.1, 0.15) is 23.3 Å². The Morgan fingerprint density at radius 3 is 2.26 bits per heavy atom. The molecule has 10 nitrogen and oxygen atoms in total. The molecule has 0 saturated carbocycles. The highest BCUT2D eigenvalue weighted by molar-refractivity contribution is 5.83. The maximum absolute atomic E-state index is 12.4. The van der Waals surface area contributed by atoms with Crippen LogP contribution in [0, 0.1) is 0 Å². The number of aliphatic hydroxyl groups excluding tert-OH is 3. The van der Waals surface area contributed by atoms with Gasteiger partial charge >= 0.3 is 11.8 Å². The van der Waals surface area contributed by atoms with Gasteiger partial charge in [-0.3, -0.25) is 9.88 Å². The Kier molecular flexibility index (Phi) is 5.88. The molecule has 3 aromatic rings. The average Bonchev–Trinajstić information content (AvgIpc) is 3.32. The van der Waals surface area contributed by atoms with Gasteiger partial charge in [0.15, 0.2) is 6.23 Å². The van der Waals surface area contributed by atoms with Crippen LogP contribution in [-0.4, -0.2) is 62.5 Å². The molecular formula is C24H23N3O7. The first kappa shape index (κ1) is 22.2. The number of rotatable bonds is 5. The van der Waals surface area contributed by atoms with Gasteiger partial charge in [0, 0.05) is 12.1 Å². The van der Waals surface area contributed by atoms with Crippen LogP contribution in [-0.2, 0) is 9.47 Å². The second-order valence-corrected chi connectivity index (χ2v) is 8.18. The molecule has 0 radical (unpaired) electrons. The summed E-state index contributed by atoms with van der Waals surface area (Å²) in [6, 6.07) is 17.3. The predicted octanol–water partition coefficient (Wildman–Crippen LogP) is 1.22. The van der Waals surface area contributed by atoms with Gasteiger partial charge in [-0.25, -0.2) is 9.59 Å². The van der Waals surface area contributed by atoms with Crippen molar-refractivity contribution < 1.29 is 29.6 Å². The van der Waals surface area contributed by atoms with Gasteiger partial charge in [-0.05, 0) is 28.3 Å². The Morgan fingerprint density at radius 2 is 1.68 bits per heavy atom. The van der Waals surface area contributed by atoms with E-state index in [4.69, 9.17) is 9.47 Å². The molecule has 2 heterocycles. The van der Waals surface area contributed by atoms with Crippen LogP contribution in [0.2, 0.25) is 0 Å². The Morgan fingerprint density at radius 1 is 1.03 bits per heavy atom. The number of anilines is 1. The number of carbonyl (C=O) groups is 1. The molecule has 1 saturated heterocycles. The summed E-state index contributed by atoms with van der Waals surface area (Å²) in [4.78, 5) is 28.6. The van der Waals surface area contributed by atoms with E-state index in [1.54, 1.807) is 0 Å². The van der Waals surface area contributed by atoms with Crippen molar-refractivity contribution in [2.75, 3.05) is 18.5 Å². The van der Waals surface area contributed by atoms with Crippen LogP contribution in [0.15, 0.2) is 65.6 Å². The molecule has 1 aliphatic heterocycles. The molecule has 0 spiro atoms. The molecule has 176 valence electrons. The largest absolute Gasteiger partial charge is 0.448 e. The molecule has 10 heteroatoms. The van der Waals surface area contributed by atoms with Gasteiger partial charge in [-0.1, -0.05) is 48.5 Å². The Hall–Kier alpha value is -3.57. The number of hydrogen-bond donors (Lipinski definition) is 4. The summed E-state index contributed by atoms with van der Waals surface area (Å²) in [6.45, 7) is -0.405. The average molecular weight is 465 g/mol. The fourth-order valence-electron chi connectivity index (χ4n) is 4.52. The van der Waals surface area contributed by atoms with Crippen LogP contribution in [0.5, 0.6) is 0 Å². The molecule has 0 unspecified atom stereocenters. The minimum absolute atomic E-state index is 0.0368. The van der Waals surface area contributed by atoms with Crippen molar-refractivity contribution in [1.82, 2.24) is 9.55 Å². The lowest BCUT2D eigenvalue weighted by Crippen LogP contribution is -2.36. The number of nitrogens with one attached hydrogen (secondary N) is 1. The smallest absolute Gasteiger partial charge is 0.412 e. The highest BCUT2D eigenvalue weighted by Crippen LogP contribution is 2.44. The molecule has 2 aromatic carbocycles. The van der Waals surface area contributed by atoms with E-state index < -0.39 is 42.9 Å². The minimum atomic E-state index is -1.42. The van der Waals surface area contributed by atoms with Gasteiger partial charge in [-0.15, -0.1) is 0 Å². The van der Waals surface area contributed by atoms with E-state index in [0.717, 1.165) is 26.8 Å². The van der Waals surface area contributed by atoms with Gasteiger partial charge in [-0.2, -0.15) is 4.98 Å². The van der Waals surface area contributed by atoms with E-state index >= 15 is 0 Å². The summed E-state index contributed by atoms with van der Waals surface area (Å²) in [7, 11) is 0. The van der Waals surface area contributed by atoms with Gasteiger partial charge in [0.25, 0.3) is 0 Å². The first-order chi connectivity index (χ1) is 16.5. The molecule has 1 amide bonds. The third kappa shape index (κ3) is 3.86. The number of nitrogens with zero attached hydrogens (tertiary/aromatic N) is 2. The number of amides is 1. The maximum atomic E-state index is 12.4. The van der Waals surface area contributed by atoms with Gasteiger partial charge < -0.3 is 24.8 Å². The number of hydrogen-bond acceptors (Lipinski definition) is 8. The third-order valence-corrected chi connectivity index (χ3v) is 6.20. The van der Waals surface area contributed by atoms with Crippen molar-refractivity contribution in [3.8, 4) is 11.1 Å². The first-order valence-electron chi connectivity index (χ1n) is 10.8. The second kappa shape index (κ2) is 8.99. The Balaban J connectivity index is 1.26. The zero-order chi connectivity index (χ0) is 23.8. The van der Waals surface area contributed by atoms with E-state index in [1.165, 1.54) is 12.3 Å². The number of aliphatic hydroxyl groups is 3. The number of fused-ring (bicyclic) bond motifs is 3. The van der Waals surface area contributed by atoms with Crippen LogP contribution in [0.25, 0.3) is 11.1 Å². The first-order valence-corrected chi connectivity index (χ1v) is 10.8.